The third kappa shape index (κ3) is 6.02. The van der Waals surface area contributed by atoms with Crippen LogP contribution in [0, 0.1) is 13.8 Å². The highest BCUT2D eigenvalue weighted by Crippen LogP contribution is 2.35. The summed E-state index contributed by atoms with van der Waals surface area (Å²) in [5.41, 5.74) is 7.69. The Morgan fingerprint density at radius 3 is 2.49 bits per heavy atom. The standard InChI is InChI=1S/C27H25Cl2N3O3/c1-17-11-19(12-18(2)21(17)5-4-10-34-16-33)15-31-20-8-9-30-24(13-20)26-14-25(32-35-26)27-22(28)6-3-7-23(27)29/h3,6-9,11-14,16H,4-5,10,15H2,1-2H3,(H,30,31). The number of aromatic nitrogens is 2. The normalized spacial score (nSPS) is 10.9. The number of nitrogens with one attached hydrogen (secondary N) is 1. The predicted molar refractivity (Wildman–Crippen MR) is 139 cm³/mol. The number of pyridine rings is 1. The van der Waals surface area contributed by atoms with Crippen LogP contribution in [0.25, 0.3) is 22.7 Å². The lowest BCUT2D eigenvalue weighted by molar-refractivity contribution is -0.128. The van der Waals surface area contributed by atoms with Gasteiger partial charge in [0.05, 0.1) is 16.7 Å². The van der Waals surface area contributed by atoms with Crippen molar-refractivity contribution in [2.75, 3.05) is 11.9 Å². The van der Waals surface area contributed by atoms with E-state index in [1.807, 2.05) is 12.1 Å². The van der Waals surface area contributed by atoms with Crippen LogP contribution in [0.15, 0.2) is 59.3 Å². The van der Waals surface area contributed by atoms with Crippen LogP contribution in [0.2, 0.25) is 10.0 Å². The van der Waals surface area contributed by atoms with E-state index in [4.69, 9.17) is 32.5 Å². The van der Waals surface area contributed by atoms with Gasteiger partial charge >= 0.3 is 0 Å². The Morgan fingerprint density at radius 1 is 1.03 bits per heavy atom. The maximum Gasteiger partial charge on any atom is 0.293 e. The summed E-state index contributed by atoms with van der Waals surface area (Å²) in [6.45, 7) is 5.83. The Labute approximate surface area is 214 Å². The molecule has 2 heterocycles. The van der Waals surface area contributed by atoms with Gasteiger partial charge in [0.15, 0.2) is 5.76 Å². The van der Waals surface area contributed by atoms with Gasteiger partial charge in [-0.3, -0.25) is 9.78 Å². The van der Waals surface area contributed by atoms with E-state index in [1.54, 1.807) is 30.5 Å². The molecule has 0 unspecified atom stereocenters. The monoisotopic (exact) mass is 509 g/mol. The lowest BCUT2D eigenvalue weighted by Crippen LogP contribution is -2.04. The van der Waals surface area contributed by atoms with E-state index in [1.165, 1.54) is 22.3 Å². The number of carbonyl (C=O) groups is 1. The van der Waals surface area contributed by atoms with Crippen LogP contribution in [0.5, 0.6) is 0 Å². The molecule has 180 valence electrons. The number of benzene rings is 2. The van der Waals surface area contributed by atoms with E-state index >= 15 is 0 Å². The van der Waals surface area contributed by atoms with E-state index in [9.17, 15) is 4.79 Å². The summed E-state index contributed by atoms with van der Waals surface area (Å²) in [5.74, 6) is 0.522. The van der Waals surface area contributed by atoms with Crippen LogP contribution in [0.4, 0.5) is 5.69 Å². The van der Waals surface area contributed by atoms with Crippen molar-refractivity contribution >= 4 is 35.4 Å². The molecule has 0 spiro atoms. The number of nitrogens with zero attached hydrogens (tertiary/aromatic N) is 2. The second kappa shape index (κ2) is 11.4. The molecule has 4 rings (SSSR count). The van der Waals surface area contributed by atoms with E-state index < -0.39 is 0 Å². The fraction of sp³-hybridized carbons (Fsp3) is 0.222. The highest BCUT2D eigenvalue weighted by molar-refractivity contribution is 6.39. The molecule has 1 N–H and O–H groups in total. The van der Waals surface area contributed by atoms with Gasteiger partial charge in [-0.05, 0) is 73.2 Å². The molecular weight excluding hydrogens is 485 g/mol. The first-order chi connectivity index (χ1) is 17.0. The Bertz CT molecular complexity index is 1290. The largest absolute Gasteiger partial charge is 0.468 e. The number of halogens is 2. The number of anilines is 1. The van der Waals surface area contributed by atoms with Crippen molar-refractivity contribution in [2.24, 2.45) is 0 Å². The number of carbonyl (C=O) groups excluding carboxylic acids is 1. The Balaban J connectivity index is 1.45. The molecular formula is C27H25Cl2N3O3. The highest BCUT2D eigenvalue weighted by Gasteiger charge is 2.15. The van der Waals surface area contributed by atoms with Crippen LogP contribution in [-0.4, -0.2) is 23.2 Å². The van der Waals surface area contributed by atoms with Gasteiger partial charge in [0.2, 0.25) is 0 Å². The molecule has 0 saturated carbocycles. The van der Waals surface area contributed by atoms with Crippen LogP contribution in [-0.2, 0) is 22.5 Å². The molecule has 2 aromatic heterocycles. The first-order valence-corrected chi connectivity index (χ1v) is 12.0. The number of ether oxygens (including phenoxy) is 1. The molecule has 0 bridgehead atoms. The molecule has 0 aliphatic rings. The van der Waals surface area contributed by atoms with Crippen molar-refractivity contribution in [3.8, 4) is 22.7 Å². The van der Waals surface area contributed by atoms with E-state index in [0.717, 1.165) is 18.5 Å². The Morgan fingerprint density at radius 2 is 1.77 bits per heavy atom. The quantitative estimate of drug-likeness (QED) is 0.182. The van der Waals surface area contributed by atoms with Crippen molar-refractivity contribution in [1.29, 1.82) is 0 Å². The van der Waals surface area contributed by atoms with E-state index in [0.29, 0.717) is 52.4 Å². The molecule has 0 saturated heterocycles. The molecule has 0 fully saturated rings. The van der Waals surface area contributed by atoms with Gasteiger partial charge < -0.3 is 14.6 Å². The van der Waals surface area contributed by atoms with Crippen molar-refractivity contribution in [2.45, 2.75) is 33.2 Å². The highest BCUT2D eigenvalue weighted by atomic mass is 35.5. The second-order valence-corrected chi connectivity index (χ2v) is 9.05. The summed E-state index contributed by atoms with van der Waals surface area (Å²) >= 11 is 12.6. The maximum absolute atomic E-state index is 10.3. The van der Waals surface area contributed by atoms with Gasteiger partial charge in [0.1, 0.15) is 11.4 Å². The number of aryl methyl sites for hydroxylation is 2. The smallest absolute Gasteiger partial charge is 0.293 e. The first-order valence-electron chi connectivity index (χ1n) is 11.2. The van der Waals surface area contributed by atoms with Gasteiger partial charge in [-0.25, -0.2) is 0 Å². The average Bonchev–Trinajstić information content (AvgIpc) is 3.32. The molecule has 0 aliphatic heterocycles. The first kappa shape index (κ1) is 24.8. The molecule has 6 nitrogen and oxygen atoms in total. The molecule has 0 aliphatic carbocycles. The summed E-state index contributed by atoms with van der Waals surface area (Å²) in [4.78, 5) is 14.7. The number of rotatable bonds is 10. The van der Waals surface area contributed by atoms with Crippen LogP contribution in [0.3, 0.4) is 0 Å². The summed E-state index contributed by atoms with van der Waals surface area (Å²) < 4.78 is 10.3. The molecule has 4 aromatic rings. The van der Waals surface area contributed by atoms with E-state index in [-0.39, 0.29) is 0 Å². The van der Waals surface area contributed by atoms with Gasteiger partial charge in [-0.1, -0.05) is 46.6 Å². The Kier molecular flexibility index (Phi) is 8.06. The lowest BCUT2D eigenvalue weighted by Gasteiger charge is -2.14. The van der Waals surface area contributed by atoms with Crippen molar-refractivity contribution < 1.29 is 14.1 Å². The predicted octanol–water partition coefficient (Wildman–Crippen LogP) is 7.04. The van der Waals surface area contributed by atoms with Crippen LogP contribution < -0.4 is 5.32 Å². The summed E-state index contributed by atoms with van der Waals surface area (Å²) in [6, 6.07) is 15.3. The van der Waals surface area contributed by atoms with Gasteiger partial charge in [-0.15, -0.1) is 0 Å². The molecule has 2 aromatic carbocycles. The minimum absolute atomic E-state index is 0.439. The summed E-state index contributed by atoms with van der Waals surface area (Å²) in [6.07, 6.45) is 3.42. The zero-order valence-electron chi connectivity index (χ0n) is 19.5. The zero-order valence-corrected chi connectivity index (χ0v) is 21.0. The van der Waals surface area contributed by atoms with Crippen LogP contribution >= 0.6 is 23.2 Å². The molecule has 8 heteroatoms. The molecule has 0 amide bonds. The van der Waals surface area contributed by atoms with Gasteiger partial charge in [0.25, 0.3) is 6.47 Å². The van der Waals surface area contributed by atoms with Crippen molar-refractivity contribution in [1.82, 2.24) is 10.1 Å². The minimum Gasteiger partial charge on any atom is -0.468 e. The van der Waals surface area contributed by atoms with Crippen LogP contribution in [0.1, 0.15) is 28.7 Å². The molecule has 35 heavy (non-hydrogen) atoms. The lowest BCUT2D eigenvalue weighted by atomic mass is 9.96. The number of hydrogen-bond acceptors (Lipinski definition) is 6. The van der Waals surface area contributed by atoms with Crippen molar-refractivity contribution in [3.05, 3.63) is 87.0 Å². The third-order valence-corrected chi connectivity index (χ3v) is 6.38. The zero-order chi connectivity index (χ0) is 24.8. The fourth-order valence-corrected chi connectivity index (χ4v) is 4.69. The SMILES string of the molecule is Cc1cc(CNc2ccnc(-c3cc(-c4c(Cl)cccc4Cl)no3)c2)cc(C)c1CCCOC=O. The average molecular weight is 510 g/mol. The van der Waals surface area contributed by atoms with E-state index in [2.05, 4.69) is 41.4 Å². The minimum atomic E-state index is 0.439. The van der Waals surface area contributed by atoms with Crippen molar-refractivity contribution in [3.63, 3.8) is 0 Å². The molecule has 0 atom stereocenters. The third-order valence-electron chi connectivity index (χ3n) is 5.75. The number of hydrogen-bond donors (Lipinski definition) is 1. The van der Waals surface area contributed by atoms with Gasteiger partial charge in [0, 0.05) is 30.1 Å². The topological polar surface area (TPSA) is 77.2 Å². The fourth-order valence-electron chi connectivity index (χ4n) is 4.10. The Hall–Kier alpha value is -3.35. The molecule has 0 radical (unpaired) electrons. The van der Waals surface area contributed by atoms with Gasteiger partial charge in [-0.2, -0.15) is 0 Å². The maximum atomic E-state index is 10.3. The summed E-state index contributed by atoms with van der Waals surface area (Å²) in [7, 11) is 0. The second-order valence-electron chi connectivity index (χ2n) is 8.24. The summed E-state index contributed by atoms with van der Waals surface area (Å²) in [5, 5.41) is 8.61.